The maximum atomic E-state index is 12.0. The molecule has 0 spiro atoms. The van der Waals surface area contributed by atoms with Gasteiger partial charge in [-0.15, -0.1) is 0 Å². The fraction of sp³-hybridized carbons (Fsp3) is 0.400. The average molecular weight is 288 g/mol. The third-order valence-corrected chi connectivity index (χ3v) is 3.45. The number of rotatable bonds is 2. The Morgan fingerprint density at radius 2 is 2.05 bits per heavy atom. The molecule has 1 atom stereocenters. The highest BCUT2D eigenvalue weighted by Gasteiger charge is 2.27. The number of ether oxygens (including phenoxy) is 2. The maximum absolute atomic E-state index is 12.0. The van der Waals surface area contributed by atoms with E-state index in [1.165, 1.54) is 0 Å². The summed E-state index contributed by atoms with van der Waals surface area (Å²) in [5, 5.41) is 4.03. The molecule has 1 saturated carbocycles. The van der Waals surface area contributed by atoms with E-state index in [1.807, 2.05) is 12.1 Å². The molecule has 110 valence electrons. The summed E-state index contributed by atoms with van der Waals surface area (Å²) in [6.07, 6.45) is 1.73. The minimum absolute atomic E-state index is 0.145. The average Bonchev–Trinajstić information content (AvgIpc) is 2.52. The predicted octanol–water partition coefficient (Wildman–Crippen LogP) is 1.44. The molecule has 1 aromatic carbocycles. The Morgan fingerprint density at radius 1 is 1.24 bits per heavy atom. The maximum Gasteiger partial charge on any atom is 0.284 e. The first-order valence-electron chi connectivity index (χ1n) is 6.98. The van der Waals surface area contributed by atoms with Crippen LogP contribution in [0.2, 0.25) is 0 Å². The summed E-state index contributed by atoms with van der Waals surface area (Å²) in [5.74, 6) is 0.977. The van der Waals surface area contributed by atoms with Crippen LogP contribution in [-0.2, 0) is 9.59 Å². The van der Waals surface area contributed by atoms with Gasteiger partial charge in [-0.2, -0.15) is 5.10 Å². The number of amides is 1. The normalized spacial score (nSPS) is 23.0. The van der Waals surface area contributed by atoms with E-state index in [-0.39, 0.29) is 18.3 Å². The number of benzene rings is 1. The minimum Gasteiger partial charge on any atom is -0.485 e. The van der Waals surface area contributed by atoms with E-state index in [1.54, 1.807) is 12.1 Å². The van der Waals surface area contributed by atoms with Crippen LogP contribution in [0.3, 0.4) is 0 Å². The molecule has 3 rings (SSSR count). The molecule has 1 heterocycles. The molecule has 21 heavy (non-hydrogen) atoms. The molecular formula is C15H16N2O4. The summed E-state index contributed by atoms with van der Waals surface area (Å²) in [7, 11) is 0. The van der Waals surface area contributed by atoms with Gasteiger partial charge in [0.25, 0.3) is 5.91 Å². The van der Waals surface area contributed by atoms with Gasteiger partial charge >= 0.3 is 0 Å². The highest BCUT2D eigenvalue weighted by atomic mass is 16.6. The summed E-state index contributed by atoms with van der Waals surface area (Å²) in [6, 6.07) is 7.20. The number of hydrogen-bond acceptors (Lipinski definition) is 5. The summed E-state index contributed by atoms with van der Waals surface area (Å²) in [4.78, 5) is 23.3. The molecule has 1 fully saturated rings. The van der Waals surface area contributed by atoms with Crippen LogP contribution >= 0.6 is 0 Å². The number of fused-ring (bicyclic) bond motifs is 1. The molecule has 0 saturated heterocycles. The molecular weight excluding hydrogens is 272 g/mol. The molecule has 1 aromatic rings. The Hall–Kier alpha value is -2.37. The van der Waals surface area contributed by atoms with E-state index < -0.39 is 6.10 Å². The summed E-state index contributed by atoms with van der Waals surface area (Å²) in [5.41, 5.74) is 3.18. The highest BCUT2D eigenvalue weighted by Crippen LogP contribution is 2.30. The van der Waals surface area contributed by atoms with Gasteiger partial charge in [0, 0.05) is 18.6 Å². The fourth-order valence-corrected chi connectivity index (χ4v) is 2.34. The molecule has 1 amide bonds. The van der Waals surface area contributed by atoms with Gasteiger partial charge in [0.1, 0.15) is 12.4 Å². The van der Waals surface area contributed by atoms with Crippen molar-refractivity contribution in [1.82, 2.24) is 5.43 Å². The topological polar surface area (TPSA) is 77.0 Å². The molecule has 1 N–H and O–H groups in total. The van der Waals surface area contributed by atoms with Crippen LogP contribution in [0.4, 0.5) is 0 Å². The van der Waals surface area contributed by atoms with E-state index in [0.717, 1.165) is 18.6 Å². The lowest BCUT2D eigenvalue weighted by atomic mass is 9.97. The number of carbonyl (C=O) groups is 2. The lowest BCUT2D eigenvalue weighted by Crippen LogP contribution is -2.42. The van der Waals surface area contributed by atoms with Crippen LogP contribution in [0.5, 0.6) is 11.5 Å². The monoisotopic (exact) mass is 288 g/mol. The van der Waals surface area contributed by atoms with E-state index in [2.05, 4.69) is 10.5 Å². The first-order valence-corrected chi connectivity index (χ1v) is 6.98. The number of ketones is 1. The Morgan fingerprint density at radius 3 is 2.86 bits per heavy atom. The van der Waals surface area contributed by atoms with E-state index in [9.17, 15) is 9.59 Å². The van der Waals surface area contributed by atoms with Gasteiger partial charge < -0.3 is 9.47 Å². The smallest absolute Gasteiger partial charge is 0.284 e. The van der Waals surface area contributed by atoms with Gasteiger partial charge in [-0.25, -0.2) is 5.43 Å². The molecule has 6 heteroatoms. The molecule has 6 nitrogen and oxygen atoms in total. The summed E-state index contributed by atoms with van der Waals surface area (Å²) in [6.45, 7) is 0.145. The lowest BCUT2D eigenvalue weighted by molar-refractivity contribution is -0.130. The Labute approximate surface area is 122 Å². The number of nitrogens with one attached hydrogen (secondary N) is 1. The molecule has 0 aromatic heterocycles. The lowest BCUT2D eigenvalue weighted by Gasteiger charge is -2.25. The van der Waals surface area contributed by atoms with E-state index in [4.69, 9.17) is 9.47 Å². The standard InChI is InChI=1S/C15H16N2O4/c18-11-5-3-4-10(8-11)16-17-15(19)14-9-20-12-6-1-2-7-13(12)21-14/h1-2,6-7,14H,3-5,8-9H2,(H,17,19)/b16-10-. The second-order valence-corrected chi connectivity index (χ2v) is 5.09. The summed E-state index contributed by atoms with van der Waals surface area (Å²) >= 11 is 0. The van der Waals surface area contributed by atoms with Crippen LogP contribution in [0.1, 0.15) is 25.7 Å². The molecule has 0 bridgehead atoms. The SMILES string of the molecule is O=C1CCC/C(=N/NC(=O)C2COc3ccccc3O2)C1. The number of hydrogen-bond donors (Lipinski definition) is 1. The zero-order valence-corrected chi connectivity index (χ0v) is 11.5. The Balaban J connectivity index is 1.59. The zero-order chi connectivity index (χ0) is 14.7. The van der Waals surface area contributed by atoms with Crippen LogP contribution in [-0.4, -0.2) is 30.1 Å². The Kier molecular flexibility index (Phi) is 3.85. The van der Waals surface area contributed by atoms with Gasteiger partial charge in [0.05, 0.1) is 0 Å². The van der Waals surface area contributed by atoms with Crippen molar-refractivity contribution in [1.29, 1.82) is 0 Å². The predicted molar refractivity (Wildman–Crippen MR) is 75.4 cm³/mol. The first kappa shape index (κ1) is 13.6. The van der Waals surface area contributed by atoms with Crippen LogP contribution < -0.4 is 14.9 Å². The fourth-order valence-electron chi connectivity index (χ4n) is 2.34. The molecule has 1 unspecified atom stereocenters. The largest absolute Gasteiger partial charge is 0.485 e. The number of Topliss-reactive ketones (excluding diaryl/α,β-unsaturated/α-hetero) is 1. The van der Waals surface area contributed by atoms with Crippen molar-refractivity contribution in [3.05, 3.63) is 24.3 Å². The zero-order valence-electron chi connectivity index (χ0n) is 11.5. The second-order valence-electron chi connectivity index (χ2n) is 5.09. The number of nitrogens with zero attached hydrogens (tertiary/aromatic N) is 1. The van der Waals surface area contributed by atoms with Crippen molar-refractivity contribution >= 4 is 17.4 Å². The van der Waals surface area contributed by atoms with Crippen LogP contribution in [0.15, 0.2) is 29.4 Å². The minimum atomic E-state index is -0.733. The van der Waals surface area contributed by atoms with Gasteiger partial charge in [-0.3, -0.25) is 9.59 Å². The van der Waals surface area contributed by atoms with Crippen molar-refractivity contribution in [2.45, 2.75) is 31.8 Å². The third-order valence-electron chi connectivity index (χ3n) is 3.45. The quantitative estimate of drug-likeness (QED) is 0.835. The third kappa shape index (κ3) is 3.21. The van der Waals surface area contributed by atoms with E-state index in [0.29, 0.717) is 24.3 Å². The molecule has 1 aliphatic heterocycles. The van der Waals surface area contributed by atoms with Crippen molar-refractivity contribution in [3.63, 3.8) is 0 Å². The molecule has 1 aliphatic carbocycles. The number of carbonyl (C=O) groups excluding carboxylic acids is 2. The second kappa shape index (κ2) is 5.95. The van der Waals surface area contributed by atoms with Gasteiger partial charge in [0.2, 0.25) is 6.10 Å². The van der Waals surface area contributed by atoms with Crippen molar-refractivity contribution < 1.29 is 19.1 Å². The van der Waals surface area contributed by atoms with Crippen molar-refractivity contribution in [3.8, 4) is 11.5 Å². The summed E-state index contributed by atoms with van der Waals surface area (Å²) < 4.78 is 11.1. The molecule has 2 aliphatic rings. The van der Waals surface area contributed by atoms with Gasteiger partial charge in [-0.1, -0.05) is 12.1 Å². The van der Waals surface area contributed by atoms with Crippen molar-refractivity contribution in [2.75, 3.05) is 6.61 Å². The van der Waals surface area contributed by atoms with Gasteiger partial charge in [-0.05, 0) is 25.0 Å². The van der Waals surface area contributed by atoms with Gasteiger partial charge in [0.15, 0.2) is 11.5 Å². The number of hydrazone groups is 1. The number of para-hydroxylation sites is 2. The van der Waals surface area contributed by atoms with Crippen molar-refractivity contribution in [2.24, 2.45) is 5.10 Å². The van der Waals surface area contributed by atoms with Crippen LogP contribution in [0.25, 0.3) is 0 Å². The molecule has 0 radical (unpaired) electrons. The first-order chi connectivity index (χ1) is 10.2. The highest BCUT2D eigenvalue weighted by molar-refractivity contribution is 6.04. The van der Waals surface area contributed by atoms with Crippen LogP contribution in [0, 0.1) is 0 Å². The Bertz CT molecular complexity index is 597. The van der Waals surface area contributed by atoms with E-state index >= 15 is 0 Å².